The van der Waals surface area contributed by atoms with Crippen LogP contribution in [0.2, 0.25) is 0 Å². The van der Waals surface area contributed by atoms with Gasteiger partial charge < -0.3 is 4.74 Å². The predicted octanol–water partition coefficient (Wildman–Crippen LogP) is 7.04. The number of rotatable bonds is 5. The molecular weight excluding hydrogens is 330 g/mol. The Hall–Kier alpha value is -2.42. The van der Waals surface area contributed by atoms with Crippen molar-refractivity contribution < 1.29 is 13.5 Å². The van der Waals surface area contributed by atoms with Gasteiger partial charge in [0.25, 0.3) is 5.92 Å². The van der Waals surface area contributed by atoms with Crippen LogP contribution in [0, 0.1) is 6.92 Å². The highest BCUT2D eigenvalue weighted by Crippen LogP contribution is 2.41. The molecule has 0 bridgehead atoms. The molecule has 0 atom stereocenters. The maximum atomic E-state index is 13.9. The quantitative estimate of drug-likeness (QED) is 0.560. The molecule has 2 aromatic carbocycles. The lowest BCUT2D eigenvalue weighted by Crippen LogP contribution is -2.11. The van der Waals surface area contributed by atoms with Crippen molar-refractivity contribution in [2.45, 2.75) is 46.0 Å². The number of hydrogen-bond donors (Lipinski definition) is 0. The topological polar surface area (TPSA) is 9.23 Å². The standard InChI is InChI=1S/C23H24F2O/c1-5-16-13-21-20(12-15(4)19(6-2)22(21)26-14-16)17-8-10-18(11-9-17)23(24,25)7-3/h6,8-12,14H,2,5,7,13H2,1,3-4H3. The van der Waals surface area contributed by atoms with E-state index < -0.39 is 5.92 Å². The second kappa shape index (κ2) is 7.06. The van der Waals surface area contributed by atoms with E-state index in [1.807, 2.05) is 19.3 Å². The van der Waals surface area contributed by atoms with Crippen LogP contribution in [0.3, 0.4) is 0 Å². The largest absolute Gasteiger partial charge is 0.464 e. The van der Waals surface area contributed by atoms with E-state index in [0.717, 1.165) is 46.4 Å². The van der Waals surface area contributed by atoms with Crippen LogP contribution >= 0.6 is 0 Å². The highest BCUT2D eigenvalue weighted by atomic mass is 19.3. The number of aryl methyl sites for hydroxylation is 1. The average Bonchev–Trinajstić information content (AvgIpc) is 2.67. The van der Waals surface area contributed by atoms with E-state index >= 15 is 0 Å². The third-order valence-corrected chi connectivity index (χ3v) is 5.10. The summed E-state index contributed by atoms with van der Waals surface area (Å²) in [5.74, 6) is -1.96. The van der Waals surface area contributed by atoms with Crippen LogP contribution in [-0.2, 0) is 12.3 Å². The molecule has 0 radical (unpaired) electrons. The highest BCUT2D eigenvalue weighted by molar-refractivity contribution is 5.77. The number of allylic oxidation sites excluding steroid dienone is 1. The maximum absolute atomic E-state index is 13.9. The molecule has 0 fully saturated rings. The second-order valence-electron chi connectivity index (χ2n) is 6.73. The molecule has 0 aliphatic carbocycles. The third-order valence-electron chi connectivity index (χ3n) is 5.10. The summed E-state index contributed by atoms with van der Waals surface area (Å²) in [7, 11) is 0. The molecule has 0 amide bonds. The fourth-order valence-corrected chi connectivity index (χ4v) is 3.38. The molecule has 1 aliphatic rings. The molecular formula is C23H24F2O. The van der Waals surface area contributed by atoms with Gasteiger partial charge in [0, 0.05) is 29.5 Å². The van der Waals surface area contributed by atoms with Crippen LogP contribution in [0.5, 0.6) is 5.75 Å². The summed E-state index contributed by atoms with van der Waals surface area (Å²) in [6.07, 6.45) is 5.15. The minimum atomic E-state index is -2.79. The summed E-state index contributed by atoms with van der Waals surface area (Å²) in [6.45, 7) is 9.52. The highest BCUT2D eigenvalue weighted by Gasteiger charge is 2.29. The summed E-state index contributed by atoms with van der Waals surface area (Å²) in [5.41, 5.74) is 6.38. The average molecular weight is 354 g/mol. The van der Waals surface area contributed by atoms with E-state index in [1.165, 1.54) is 24.6 Å². The molecule has 136 valence electrons. The minimum absolute atomic E-state index is 0.0578. The Bertz CT molecular complexity index is 861. The first kappa shape index (κ1) is 18.4. The van der Waals surface area contributed by atoms with Crippen molar-refractivity contribution in [3.63, 3.8) is 0 Å². The van der Waals surface area contributed by atoms with E-state index in [-0.39, 0.29) is 12.0 Å². The molecule has 0 saturated carbocycles. The van der Waals surface area contributed by atoms with Gasteiger partial charge in [0.05, 0.1) is 6.26 Å². The van der Waals surface area contributed by atoms with Crippen molar-refractivity contribution in [1.82, 2.24) is 0 Å². The fraction of sp³-hybridized carbons (Fsp3) is 0.304. The molecule has 1 heterocycles. The molecule has 2 aromatic rings. The zero-order valence-corrected chi connectivity index (χ0v) is 15.5. The van der Waals surface area contributed by atoms with Gasteiger partial charge in [-0.05, 0) is 35.6 Å². The smallest absolute Gasteiger partial charge is 0.273 e. The fourth-order valence-electron chi connectivity index (χ4n) is 3.38. The van der Waals surface area contributed by atoms with E-state index in [4.69, 9.17) is 4.74 Å². The van der Waals surface area contributed by atoms with Crippen molar-refractivity contribution in [2.24, 2.45) is 0 Å². The normalized spacial score (nSPS) is 13.7. The summed E-state index contributed by atoms with van der Waals surface area (Å²) in [6, 6.07) is 8.73. The van der Waals surface area contributed by atoms with Gasteiger partial charge in [-0.2, -0.15) is 0 Å². The lowest BCUT2D eigenvalue weighted by molar-refractivity contribution is -0.00827. The van der Waals surface area contributed by atoms with Gasteiger partial charge in [-0.3, -0.25) is 0 Å². The molecule has 26 heavy (non-hydrogen) atoms. The SMILES string of the molecule is C=Cc1c(C)cc(-c2ccc(C(F)(F)CC)cc2)c2c1OC=C(CC)C2. The Balaban J connectivity index is 2.12. The van der Waals surface area contributed by atoms with Gasteiger partial charge in [0.1, 0.15) is 5.75 Å². The number of benzene rings is 2. The first-order chi connectivity index (χ1) is 12.4. The molecule has 0 saturated heterocycles. The summed E-state index contributed by atoms with van der Waals surface area (Å²) >= 11 is 0. The lowest BCUT2D eigenvalue weighted by Gasteiger charge is -2.24. The summed E-state index contributed by atoms with van der Waals surface area (Å²) in [5, 5.41) is 0. The third kappa shape index (κ3) is 3.18. The van der Waals surface area contributed by atoms with Gasteiger partial charge in [0.15, 0.2) is 0 Å². The van der Waals surface area contributed by atoms with Gasteiger partial charge in [-0.15, -0.1) is 0 Å². The minimum Gasteiger partial charge on any atom is -0.464 e. The molecule has 1 nitrogen and oxygen atoms in total. The van der Waals surface area contributed by atoms with Gasteiger partial charge in [-0.25, -0.2) is 8.78 Å². The van der Waals surface area contributed by atoms with Crippen LogP contribution in [0.25, 0.3) is 17.2 Å². The van der Waals surface area contributed by atoms with Crippen LogP contribution in [-0.4, -0.2) is 0 Å². The van der Waals surface area contributed by atoms with Crippen LogP contribution in [0.1, 0.15) is 48.9 Å². The summed E-state index contributed by atoms with van der Waals surface area (Å²) < 4.78 is 33.8. The van der Waals surface area contributed by atoms with Crippen LogP contribution < -0.4 is 4.74 Å². The van der Waals surface area contributed by atoms with E-state index in [1.54, 1.807) is 12.1 Å². The summed E-state index contributed by atoms with van der Waals surface area (Å²) in [4.78, 5) is 0. The first-order valence-electron chi connectivity index (χ1n) is 9.03. The van der Waals surface area contributed by atoms with Crippen molar-refractivity contribution in [2.75, 3.05) is 0 Å². The van der Waals surface area contributed by atoms with Gasteiger partial charge in [0.2, 0.25) is 0 Å². The number of alkyl halides is 2. The molecule has 3 heteroatoms. The maximum Gasteiger partial charge on any atom is 0.273 e. The van der Waals surface area contributed by atoms with Crippen molar-refractivity contribution in [1.29, 1.82) is 0 Å². The van der Waals surface area contributed by atoms with Crippen molar-refractivity contribution >= 4 is 6.08 Å². The molecule has 0 aromatic heterocycles. The van der Waals surface area contributed by atoms with Gasteiger partial charge in [-0.1, -0.05) is 56.8 Å². The Morgan fingerprint density at radius 3 is 2.46 bits per heavy atom. The van der Waals surface area contributed by atoms with E-state index in [9.17, 15) is 8.78 Å². The molecule has 0 spiro atoms. The lowest BCUT2D eigenvalue weighted by atomic mass is 9.87. The predicted molar refractivity (Wildman–Crippen MR) is 104 cm³/mol. The molecule has 3 rings (SSSR count). The first-order valence-corrected chi connectivity index (χ1v) is 9.03. The molecule has 0 N–H and O–H groups in total. The van der Waals surface area contributed by atoms with Crippen molar-refractivity contribution in [3.05, 3.63) is 71.0 Å². The van der Waals surface area contributed by atoms with Crippen LogP contribution in [0.4, 0.5) is 8.78 Å². The Labute approximate surface area is 154 Å². The monoisotopic (exact) mass is 354 g/mol. The number of hydrogen-bond acceptors (Lipinski definition) is 1. The van der Waals surface area contributed by atoms with Crippen molar-refractivity contribution in [3.8, 4) is 16.9 Å². The van der Waals surface area contributed by atoms with Crippen LogP contribution in [0.15, 0.2) is 48.7 Å². The molecule has 0 unspecified atom stereocenters. The van der Waals surface area contributed by atoms with E-state index in [2.05, 4.69) is 19.6 Å². The Morgan fingerprint density at radius 2 is 1.88 bits per heavy atom. The zero-order valence-electron chi connectivity index (χ0n) is 15.5. The number of halogens is 2. The number of ether oxygens (including phenoxy) is 1. The molecule has 1 aliphatic heterocycles. The Kier molecular flexibility index (Phi) is 4.99. The zero-order chi connectivity index (χ0) is 18.9. The van der Waals surface area contributed by atoms with E-state index in [0.29, 0.717) is 0 Å². The van der Waals surface area contributed by atoms with Gasteiger partial charge >= 0.3 is 0 Å². The Morgan fingerprint density at radius 1 is 1.19 bits per heavy atom. The number of fused-ring (bicyclic) bond motifs is 1. The second-order valence-corrected chi connectivity index (χ2v) is 6.73.